The fourth-order valence-corrected chi connectivity index (χ4v) is 2.48. The van der Waals surface area contributed by atoms with Crippen LogP contribution in [0.2, 0.25) is 0 Å². The highest BCUT2D eigenvalue weighted by atomic mass is 32.2. The van der Waals surface area contributed by atoms with Crippen molar-refractivity contribution in [3.8, 4) is 0 Å². The number of carboxylic acids is 1. The minimum absolute atomic E-state index is 0.231. The third-order valence-electron chi connectivity index (χ3n) is 3.21. The van der Waals surface area contributed by atoms with Gasteiger partial charge in [0.1, 0.15) is 5.82 Å². The maximum Gasteiger partial charge on any atom is 0.338 e. The lowest BCUT2D eigenvalue weighted by molar-refractivity contribution is 0.0692. The summed E-state index contributed by atoms with van der Waals surface area (Å²) >= 11 is 1.78. The first-order chi connectivity index (χ1) is 8.47. The second kappa shape index (κ2) is 4.68. The van der Waals surface area contributed by atoms with Crippen LogP contribution in [0.25, 0.3) is 0 Å². The Labute approximate surface area is 109 Å². The normalized spacial score (nSPS) is 16.3. The van der Waals surface area contributed by atoms with E-state index in [0.717, 1.165) is 25.0 Å². The molecule has 0 amide bonds. The lowest BCUT2D eigenvalue weighted by Gasteiger charge is -2.16. The van der Waals surface area contributed by atoms with E-state index < -0.39 is 17.3 Å². The zero-order chi connectivity index (χ0) is 13.3. The van der Waals surface area contributed by atoms with Crippen LogP contribution in [-0.4, -0.2) is 28.6 Å². The van der Waals surface area contributed by atoms with E-state index in [2.05, 4.69) is 5.32 Å². The van der Waals surface area contributed by atoms with Gasteiger partial charge < -0.3 is 16.2 Å². The average molecular weight is 270 g/mol. The summed E-state index contributed by atoms with van der Waals surface area (Å²) in [5, 5.41) is 11.9. The molecule has 0 spiro atoms. The monoisotopic (exact) mass is 270 g/mol. The Morgan fingerprint density at radius 2 is 2.28 bits per heavy atom. The smallest absolute Gasteiger partial charge is 0.338 e. The minimum Gasteiger partial charge on any atom is -0.478 e. The summed E-state index contributed by atoms with van der Waals surface area (Å²) in [4.78, 5) is 10.7. The number of carboxylic acid groups (broad SMARTS) is 1. The Morgan fingerprint density at radius 3 is 2.78 bits per heavy atom. The topological polar surface area (TPSA) is 75.3 Å². The van der Waals surface area contributed by atoms with Crippen molar-refractivity contribution in [2.45, 2.75) is 17.6 Å². The molecule has 2 rings (SSSR count). The number of nitrogen functional groups attached to an aromatic ring is 1. The molecule has 1 aliphatic rings. The number of anilines is 2. The Balaban J connectivity index is 2.14. The number of aromatic carboxylic acids is 1. The summed E-state index contributed by atoms with van der Waals surface area (Å²) in [7, 11) is 0. The molecule has 1 aromatic carbocycles. The number of thioether (sulfide) groups is 1. The van der Waals surface area contributed by atoms with Crippen molar-refractivity contribution in [2.24, 2.45) is 0 Å². The Hall–Kier alpha value is -1.43. The Bertz CT molecular complexity index is 489. The van der Waals surface area contributed by atoms with Crippen molar-refractivity contribution < 1.29 is 14.3 Å². The van der Waals surface area contributed by atoms with Gasteiger partial charge in [-0.05, 0) is 31.2 Å². The van der Waals surface area contributed by atoms with Crippen molar-refractivity contribution in [3.05, 3.63) is 23.5 Å². The maximum absolute atomic E-state index is 13.5. The molecule has 1 saturated carbocycles. The van der Waals surface area contributed by atoms with E-state index in [1.54, 1.807) is 11.8 Å². The van der Waals surface area contributed by atoms with Gasteiger partial charge in [0.05, 0.1) is 16.9 Å². The van der Waals surface area contributed by atoms with Gasteiger partial charge in [0.25, 0.3) is 0 Å². The van der Waals surface area contributed by atoms with Crippen molar-refractivity contribution >= 4 is 29.1 Å². The summed E-state index contributed by atoms with van der Waals surface area (Å²) < 4.78 is 13.7. The third-order valence-corrected chi connectivity index (χ3v) is 4.63. The number of nitrogens with one attached hydrogen (secondary N) is 1. The van der Waals surface area contributed by atoms with Crippen LogP contribution in [-0.2, 0) is 0 Å². The molecule has 0 radical (unpaired) electrons. The van der Waals surface area contributed by atoms with Crippen LogP contribution in [0.3, 0.4) is 0 Å². The summed E-state index contributed by atoms with van der Waals surface area (Å²) in [6.45, 7) is 0.713. The van der Waals surface area contributed by atoms with Gasteiger partial charge in [-0.2, -0.15) is 11.8 Å². The molecule has 6 heteroatoms. The van der Waals surface area contributed by atoms with Gasteiger partial charge in [-0.15, -0.1) is 0 Å². The highest BCUT2D eigenvalue weighted by Gasteiger charge is 2.41. The number of benzene rings is 1. The van der Waals surface area contributed by atoms with Crippen LogP contribution in [0.4, 0.5) is 15.8 Å². The van der Waals surface area contributed by atoms with E-state index in [-0.39, 0.29) is 10.4 Å². The molecule has 18 heavy (non-hydrogen) atoms. The number of carbonyl (C=O) groups is 1. The lowest BCUT2D eigenvalue weighted by Crippen LogP contribution is -2.18. The van der Waals surface area contributed by atoms with Gasteiger partial charge in [0.2, 0.25) is 0 Å². The Kier molecular flexibility index (Phi) is 3.38. The summed E-state index contributed by atoms with van der Waals surface area (Å²) in [5.41, 5.74) is 6.03. The largest absolute Gasteiger partial charge is 0.478 e. The van der Waals surface area contributed by atoms with Crippen LogP contribution in [0.1, 0.15) is 23.2 Å². The predicted octanol–water partition coefficient (Wildman–Crippen LogP) is 2.41. The maximum atomic E-state index is 13.5. The number of nitrogens with two attached hydrogens (primary N) is 1. The number of rotatable bonds is 5. The first-order valence-corrected chi connectivity index (χ1v) is 6.81. The summed E-state index contributed by atoms with van der Waals surface area (Å²) in [6.07, 6.45) is 4.32. The fraction of sp³-hybridized carbons (Fsp3) is 0.417. The molecule has 0 unspecified atom stereocenters. The molecule has 0 atom stereocenters. The van der Waals surface area contributed by atoms with Crippen molar-refractivity contribution in [1.29, 1.82) is 0 Å². The van der Waals surface area contributed by atoms with Gasteiger partial charge in [-0.25, -0.2) is 9.18 Å². The zero-order valence-electron chi connectivity index (χ0n) is 10.00. The van der Waals surface area contributed by atoms with E-state index in [0.29, 0.717) is 12.2 Å². The highest BCUT2D eigenvalue weighted by molar-refractivity contribution is 8.00. The number of hydrogen-bond donors (Lipinski definition) is 3. The van der Waals surface area contributed by atoms with Crippen LogP contribution >= 0.6 is 11.8 Å². The molecular formula is C12H15FN2O2S. The van der Waals surface area contributed by atoms with Crippen LogP contribution in [0.5, 0.6) is 0 Å². The standard InChI is InChI=1S/C12H15FN2O2S/c1-18-12(2-3-12)6-15-10-5-8(13)7(11(16)17)4-9(10)14/h4-5,15H,2-3,6,14H2,1H3,(H,16,17). The van der Waals surface area contributed by atoms with Crippen molar-refractivity contribution in [3.63, 3.8) is 0 Å². The first-order valence-electron chi connectivity index (χ1n) is 5.59. The number of hydrogen-bond acceptors (Lipinski definition) is 4. The van der Waals surface area contributed by atoms with E-state index in [1.165, 1.54) is 0 Å². The third kappa shape index (κ3) is 2.53. The second-order valence-electron chi connectivity index (χ2n) is 4.47. The molecule has 0 bridgehead atoms. The lowest BCUT2D eigenvalue weighted by atomic mass is 10.1. The van der Waals surface area contributed by atoms with Gasteiger partial charge in [0, 0.05) is 11.3 Å². The Morgan fingerprint density at radius 1 is 1.61 bits per heavy atom. The van der Waals surface area contributed by atoms with Gasteiger partial charge in [0.15, 0.2) is 0 Å². The molecule has 0 aliphatic heterocycles. The predicted molar refractivity (Wildman–Crippen MR) is 71.7 cm³/mol. The fourth-order valence-electron chi connectivity index (χ4n) is 1.76. The second-order valence-corrected chi connectivity index (χ2v) is 5.74. The molecule has 1 aliphatic carbocycles. The molecule has 1 aromatic rings. The molecule has 98 valence electrons. The van der Waals surface area contributed by atoms with Crippen LogP contribution in [0, 0.1) is 5.82 Å². The molecule has 0 saturated heterocycles. The van der Waals surface area contributed by atoms with Gasteiger partial charge in [-0.1, -0.05) is 0 Å². The van der Waals surface area contributed by atoms with Gasteiger partial charge in [-0.3, -0.25) is 0 Å². The van der Waals surface area contributed by atoms with Crippen molar-refractivity contribution in [2.75, 3.05) is 23.9 Å². The SMILES string of the molecule is CSC1(CNc2cc(F)c(C(=O)O)cc2N)CC1. The first kappa shape index (κ1) is 13.0. The highest BCUT2D eigenvalue weighted by Crippen LogP contribution is 2.47. The van der Waals surface area contributed by atoms with Crippen LogP contribution in [0.15, 0.2) is 12.1 Å². The molecular weight excluding hydrogens is 255 g/mol. The molecule has 4 nitrogen and oxygen atoms in total. The zero-order valence-corrected chi connectivity index (χ0v) is 10.8. The van der Waals surface area contributed by atoms with E-state index in [4.69, 9.17) is 10.8 Å². The van der Waals surface area contributed by atoms with Gasteiger partial charge >= 0.3 is 5.97 Å². The summed E-state index contributed by atoms with van der Waals surface area (Å²) in [6, 6.07) is 2.30. The summed E-state index contributed by atoms with van der Waals surface area (Å²) in [5.74, 6) is -2.08. The van der Waals surface area contributed by atoms with E-state index >= 15 is 0 Å². The average Bonchev–Trinajstić information content (AvgIpc) is 3.10. The molecule has 1 fully saturated rings. The quantitative estimate of drug-likeness (QED) is 0.716. The number of halogens is 1. The van der Waals surface area contributed by atoms with E-state index in [1.807, 2.05) is 6.26 Å². The molecule has 0 aromatic heterocycles. The molecule has 4 N–H and O–H groups in total. The van der Waals surface area contributed by atoms with E-state index in [9.17, 15) is 9.18 Å². The van der Waals surface area contributed by atoms with Crippen molar-refractivity contribution in [1.82, 2.24) is 0 Å². The molecule has 0 heterocycles. The minimum atomic E-state index is -1.31. The van der Waals surface area contributed by atoms with Crippen LogP contribution < -0.4 is 11.1 Å².